The maximum absolute atomic E-state index is 5.39. The van der Waals surface area contributed by atoms with E-state index in [0.717, 1.165) is 12.3 Å². The molecule has 1 atom stereocenters. The second kappa shape index (κ2) is 5.31. The van der Waals surface area contributed by atoms with Crippen LogP contribution in [0.25, 0.3) is 0 Å². The fourth-order valence-corrected chi connectivity index (χ4v) is 3.00. The SMILES string of the molecule is COc1ccc2c(c1)C(C)(CCN(C)C)CCC2. The summed E-state index contributed by atoms with van der Waals surface area (Å²) in [5.74, 6) is 0.992. The smallest absolute Gasteiger partial charge is 0.119 e. The Kier molecular flexibility index (Phi) is 3.96. The summed E-state index contributed by atoms with van der Waals surface area (Å²) in [6.07, 6.45) is 5.04. The minimum Gasteiger partial charge on any atom is -0.497 e. The van der Waals surface area contributed by atoms with Gasteiger partial charge in [0, 0.05) is 0 Å². The van der Waals surface area contributed by atoms with E-state index in [0.29, 0.717) is 5.41 Å². The highest BCUT2D eigenvalue weighted by molar-refractivity contribution is 5.42. The van der Waals surface area contributed by atoms with Gasteiger partial charge >= 0.3 is 0 Å². The maximum Gasteiger partial charge on any atom is 0.119 e. The van der Waals surface area contributed by atoms with Crippen LogP contribution in [0.1, 0.15) is 37.3 Å². The van der Waals surface area contributed by atoms with Crippen LogP contribution in [0.4, 0.5) is 0 Å². The van der Waals surface area contributed by atoms with Gasteiger partial charge in [-0.1, -0.05) is 13.0 Å². The van der Waals surface area contributed by atoms with E-state index in [2.05, 4.69) is 44.1 Å². The molecule has 1 aromatic carbocycles. The Morgan fingerprint density at radius 3 is 2.78 bits per heavy atom. The molecule has 2 heteroatoms. The number of aryl methyl sites for hydroxylation is 1. The molecule has 0 fully saturated rings. The lowest BCUT2D eigenvalue weighted by Crippen LogP contribution is -2.31. The zero-order chi connectivity index (χ0) is 13.2. The van der Waals surface area contributed by atoms with Gasteiger partial charge in [-0.2, -0.15) is 0 Å². The molecule has 0 spiro atoms. The molecule has 0 heterocycles. The number of ether oxygens (including phenoxy) is 1. The molecule has 2 rings (SSSR count). The summed E-state index contributed by atoms with van der Waals surface area (Å²) in [5, 5.41) is 0. The molecule has 0 saturated carbocycles. The van der Waals surface area contributed by atoms with Crippen LogP contribution in [-0.4, -0.2) is 32.6 Å². The van der Waals surface area contributed by atoms with Crippen LogP contribution in [0.2, 0.25) is 0 Å². The Balaban J connectivity index is 2.29. The van der Waals surface area contributed by atoms with Crippen LogP contribution in [0.5, 0.6) is 5.75 Å². The minimum atomic E-state index is 0.312. The van der Waals surface area contributed by atoms with Gasteiger partial charge < -0.3 is 9.64 Å². The van der Waals surface area contributed by atoms with Gasteiger partial charge in [0.15, 0.2) is 0 Å². The molecule has 0 aliphatic heterocycles. The number of nitrogens with zero attached hydrogens (tertiary/aromatic N) is 1. The van der Waals surface area contributed by atoms with Gasteiger partial charge in [-0.15, -0.1) is 0 Å². The van der Waals surface area contributed by atoms with Crippen molar-refractivity contribution in [1.82, 2.24) is 4.90 Å². The molecule has 0 bridgehead atoms. The highest BCUT2D eigenvalue weighted by Crippen LogP contribution is 2.41. The van der Waals surface area contributed by atoms with Crippen LogP contribution in [0, 0.1) is 0 Å². The second-order valence-electron chi connectivity index (χ2n) is 5.99. The van der Waals surface area contributed by atoms with Crippen molar-refractivity contribution < 1.29 is 4.74 Å². The average Bonchev–Trinajstić information content (AvgIpc) is 2.37. The standard InChI is InChI=1S/C16H25NO/c1-16(10-11-17(2)3)9-5-6-13-7-8-14(18-4)12-15(13)16/h7-8,12H,5-6,9-11H2,1-4H3. The van der Waals surface area contributed by atoms with Crippen LogP contribution >= 0.6 is 0 Å². The molecule has 0 N–H and O–H groups in total. The predicted octanol–water partition coefficient (Wildman–Crippen LogP) is 3.24. The van der Waals surface area contributed by atoms with Crippen molar-refractivity contribution in [2.45, 2.75) is 38.0 Å². The molecule has 1 aromatic rings. The van der Waals surface area contributed by atoms with Crippen molar-refractivity contribution in [3.63, 3.8) is 0 Å². The number of hydrogen-bond acceptors (Lipinski definition) is 2. The third-order valence-corrected chi connectivity index (χ3v) is 4.25. The first kappa shape index (κ1) is 13.4. The Hall–Kier alpha value is -1.02. The predicted molar refractivity (Wildman–Crippen MR) is 76.5 cm³/mol. The first-order chi connectivity index (χ1) is 8.55. The highest BCUT2D eigenvalue weighted by atomic mass is 16.5. The van der Waals surface area contributed by atoms with E-state index in [1.165, 1.54) is 36.8 Å². The third kappa shape index (κ3) is 2.69. The second-order valence-corrected chi connectivity index (χ2v) is 5.99. The quantitative estimate of drug-likeness (QED) is 0.810. The van der Waals surface area contributed by atoms with Gasteiger partial charge in [-0.05, 0) is 75.0 Å². The van der Waals surface area contributed by atoms with E-state index >= 15 is 0 Å². The molecule has 18 heavy (non-hydrogen) atoms. The fourth-order valence-electron chi connectivity index (χ4n) is 3.00. The molecule has 0 amide bonds. The molecule has 1 aliphatic rings. The molecule has 1 aliphatic carbocycles. The Bertz CT molecular complexity index is 414. The first-order valence-electron chi connectivity index (χ1n) is 6.87. The minimum absolute atomic E-state index is 0.312. The molecule has 100 valence electrons. The van der Waals surface area contributed by atoms with E-state index < -0.39 is 0 Å². The molecule has 0 radical (unpaired) electrons. The zero-order valence-corrected chi connectivity index (χ0v) is 12.1. The summed E-state index contributed by atoms with van der Waals surface area (Å²) in [4.78, 5) is 2.28. The monoisotopic (exact) mass is 247 g/mol. The number of benzene rings is 1. The van der Waals surface area contributed by atoms with Crippen LogP contribution in [0.3, 0.4) is 0 Å². The fraction of sp³-hybridized carbons (Fsp3) is 0.625. The summed E-state index contributed by atoms with van der Waals surface area (Å²) in [7, 11) is 6.05. The van der Waals surface area contributed by atoms with Crippen molar-refractivity contribution in [1.29, 1.82) is 0 Å². The lowest BCUT2D eigenvalue weighted by Gasteiger charge is -2.37. The Morgan fingerprint density at radius 1 is 1.33 bits per heavy atom. The molecular weight excluding hydrogens is 222 g/mol. The first-order valence-corrected chi connectivity index (χ1v) is 6.87. The zero-order valence-electron chi connectivity index (χ0n) is 12.1. The normalized spacial score (nSPS) is 22.9. The van der Waals surface area contributed by atoms with Gasteiger partial charge in [0.25, 0.3) is 0 Å². The van der Waals surface area contributed by atoms with Gasteiger partial charge in [-0.25, -0.2) is 0 Å². The van der Waals surface area contributed by atoms with Crippen LogP contribution < -0.4 is 4.74 Å². The van der Waals surface area contributed by atoms with E-state index in [9.17, 15) is 0 Å². The Morgan fingerprint density at radius 2 is 2.11 bits per heavy atom. The lowest BCUT2D eigenvalue weighted by molar-refractivity contribution is 0.299. The topological polar surface area (TPSA) is 12.5 Å². The molecule has 1 unspecified atom stereocenters. The summed E-state index contributed by atoms with van der Waals surface area (Å²) < 4.78 is 5.39. The molecule has 2 nitrogen and oxygen atoms in total. The summed E-state index contributed by atoms with van der Waals surface area (Å²) in [5.41, 5.74) is 3.34. The van der Waals surface area contributed by atoms with E-state index in [-0.39, 0.29) is 0 Å². The summed E-state index contributed by atoms with van der Waals surface area (Å²) in [6, 6.07) is 6.60. The van der Waals surface area contributed by atoms with Gasteiger partial charge in [0.2, 0.25) is 0 Å². The van der Waals surface area contributed by atoms with E-state index in [4.69, 9.17) is 4.74 Å². The largest absolute Gasteiger partial charge is 0.497 e. The summed E-state index contributed by atoms with van der Waals surface area (Å²) >= 11 is 0. The van der Waals surface area contributed by atoms with Crippen molar-refractivity contribution in [3.05, 3.63) is 29.3 Å². The van der Waals surface area contributed by atoms with E-state index in [1.54, 1.807) is 7.11 Å². The Labute approximate surface area is 111 Å². The lowest BCUT2D eigenvalue weighted by atomic mass is 9.69. The number of rotatable bonds is 4. The average molecular weight is 247 g/mol. The third-order valence-electron chi connectivity index (χ3n) is 4.25. The van der Waals surface area contributed by atoms with Crippen LogP contribution in [0.15, 0.2) is 18.2 Å². The van der Waals surface area contributed by atoms with Gasteiger partial charge in [0.05, 0.1) is 7.11 Å². The van der Waals surface area contributed by atoms with Crippen LogP contribution in [-0.2, 0) is 11.8 Å². The summed E-state index contributed by atoms with van der Waals surface area (Å²) in [6.45, 7) is 3.56. The van der Waals surface area contributed by atoms with E-state index in [1.807, 2.05) is 0 Å². The van der Waals surface area contributed by atoms with Gasteiger partial charge in [-0.3, -0.25) is 0 Å². The van der Waals surface area contributed by atoms with Crippen molar-refractivity contribution in [3.8, 4) is 5.75 Å². The van der Waals surface area contributed by atoms with Crippen molar-refractivity contribution >= 4 is 0 Å². The highest BCUT2D eigenvalue weighted by Gasteiger charge is 2.32. The van der Waals surface area contributed by atoms with Crippen molar-refractivity contribution in [2.75, 3.05) is 27.7 Å². The molecular formula is C16H25NO. The molecule has 0 aromatic heterocycles. The maximum atomic E-state index is 5.39. The number of fused-ring (bicyclic) bond motifs is 1. The van der Waals surface area contributed by atoms with Gasteiger partial charge in [0.1, 0.15) is 5.75 Å². The number of hydrogen-bond donors (Lipinski definition) is 0. The molecule has 0 saturated heterocycles. The number of methoxy groups -OCH3 is 1. The van der Waals surface area contributed by atoms with Crippen molar-refractivity contribution in [2.24, 2.45) is 0 Å².